The van der Waals surface area contributed by atoms with Gasteiger partial charge in [-0.3, -0.25) is 19.7 Å². The standard InChI is InChI=1S/C9H5ClFNO4/c10-3-8(14)6-1-5(4-13)2-7(9(6)11)12(15)16/h1-2,4H,3H2. The van der Waals surface area contributed by atoms with E-state index in [-0.39, 0.29) is 11.8 Å². The van der Waals surface area contributed by atoms with E-state index in [1.165, 1.54) is 0 Å². The van der Waals surface area contributed by atoms with Gasteiger partial charge < -0.3 is 0 Å². The monoisotopic (exact) mass is 245 g/mol. The van der Waals surface area contributed by atoms with E-state index in [0.717, 1.165) is 12.1 Å². The number of rotatable bonds is 4. The van der Waals surface area contributed by atoms with Gasteiger partial charge in [0.25, 0.3) is 0 Å². The van der Waals surface area contributed by atoms with Crippen LogP contribution in [0.1, 0.15) is 20.7 Å². The summed E-state index contributed by atoms with van der Waals surface area (Å²) in [6.45, 7) is 0. The van der Waals surface area contributed by atoms with E-state index in [1.54, 1.807) is 0 Å². The second-order valence-electron chi connectivity index (χ2n) is 2.83. The molecule has 5 nitrogen and oxygen atoms in total. The van der Waals surface area contributed by atoms with Crippen molar-refractivity contribution in [3.63, 3.8) is 0 Å². The van der Waals surface area contributed by atoms with Gasteiger partial charge in [-0.15, -0.1) is 11.6 Å². The van der Waals surface area contributed by atoms with Crippen LogP contribution in [-0.2, 0) is 0 Å². The lowest BCUT2D eigenvalue weighted by atomic mass is 10.1. The number of benzene rings is 1. The molecule has 0 saturated carbocycles. The molecule has 16 heavy (non-hydrogen) atoms. The Morgan fingerprint density at radius 3 is 2.62 bits per heavy atom. The van der Waals surface area contributed by atoms with Crippen molar-refractivity contribution in [1.82, 2.24) is 0 Å². The van der Waals surface area contributed by atoms with Crippen LogP contribution in [0.3, 0.4) is 0 Å². The molecule has 0 heterocycles. The van der Waals surface area contributed by atoms with Crippen LogP contribution >= 0.6 is 11.6 Å². The Balaban J connectivity index is 3.48. The minimum absolute atomic E-state index is 0.151. The van der Waals surface area contributed by atoms with Crippen molar-refractivity contribution in [3.05, 3.63) is 39.2 Å². The first-order valence-corrected chi connectivity index (χ1v) is 4.57. The van der Waals surface area contributed by atoms with Crippen LogP contribution in [-0.4, -0.2) is 22.9 Å². The first kappa shape index (κ1) is 12.3. The molecule has 0 bridgehead atoms. The maximum absolute atomic E-state index is 13.4. The molecule has 0 aliphatic rings. The summed E-state index contributed by atoms with van der Waals surface area (Å²) >= 11 is 5.21. The Morgan fingerprint density at radius 2 is 2.19 bits per heavy atom. The lowest BCUT2D eigenvalue weighted by Crippen LogP contribution is -2.07. The van der Waals surface area contributed by atoms with Crippen molar-refractivity contribution < 1.29 is 18.9 Å². The van der Waals surface area contributed by atoms with Gasteiger partial charge in [0.15, 0.2) is 5.78 Å². The molecule has 1 rings (SSSR count). The summed E-state index contributed by atoms with van der Waals surface area (Å²) in [5.74, 6) is -2.61. The second-order valence-corrected chi connectivity index (χ2v) is 3.10. The first-order valence-electron chi connectivity index (χ1n) is 4.03. The van der Waals surface area contributed by atoms with Crippen LogP contribution < -0.4 is 0 Å². The minimum atomic E-state index is -1.28. The number of alkyl halides is 1. The first-order chi connectivity index (χ1) is 7.51. The van der Waals surface area contributed by atoms with Gasteiger partial charge >= 0.3 is 5.69 Å². The number of halogens is 2. The number of carbonyl (C=O) groups excluding carboxylic acids is 2. The highest BCUT2D eigenvalue weighted by molar-refractivity contribution is 6.30. The van der Waals surface area contributed by atoms with Gasteiger partial charge in [-0.05, 0) is 6.07 Å². The van der Waals surface area contributed by atoms with Gasteiger partial charge in [-0.25, -0.2) is 0 Å². The summed E-state index contributed by atoms with van der Waals surface area (Å²) in [5.41, 5.74) is -1.62. The summed E-state index contributed by atoms with van der Waals surface area (Å²) in [7, 11) is 0. The summed E-state index contributed by atoms with van der Waals surface area (Å²) < 4.78 is 13.4. The predicted molar refractivity (Wildman–Crippen MR) is 53.5 cm³/mol. The summed E-state index contributed by atoms with van der Waals surface area (Å²) in [5, 5.41) is 10.5. The molecule has 0 aliphatic heterocycles. The largest absolute Gasteiger partial charge is 0.306 e. The molecule has 0 atom stereocenters. The van der Waals surface area contributed by atoms with E-state index in [9.17, 15) is 24.1 Å². The highest BCUT2D eigenvalue weighted by Crippen LogP contribution is 2.23. The molecule has 84 valence electrons. The fourth-order valence-electron chi connectivity index (χ4n) is 1.11. The van der Waals surface area contributed by atoms with Crippen LogP contribution in [0.2, 0.25) is 0 Å². The molecule has 0 aromatic heterocycles. The normalized spacial score (nSPS) is 9.88. The molecule has 0 fully saturated rings. The van der Waals surface area contributed by atoms with Gasteiger partial charge in [-0.1, -0.05) is 0 Å². The Kier molecular flexibility index (Phi) is 3.68. The number of ketones is 1. The van der Waals surface area contributed by atoms with Gasteiger partial charge in [0.2, 0.25) is 5.82 Å². The van der Waals surface area contributed by atoms with E-state index in [4.69, 9.17) is 11.6 Å². The van der Waals surface area contributed by atoms with Crippen LogP contribution in [0.25, 0.3) is 0 Å². The third-order valence-corrected chi connectivity index (χ3v) is 2.07. The maximum Gasteiger partial charge on any atom is 0.306 e. The average molecular weight is 246 g/mol. The minimum Gasteiger partial charge on any atom is -0.298 e. The number of nitro benzene ring substituents is 1. The molecule has 1 aromatic rings. The van der Waals surface area contributed by atoms with Gasteiger partial charge in [-0.2, -0.15) is 4.39 Å². The van der Waals surface area contributed by atoms with Crippen molar-refractivity contribution in [1.29, 1.82) is 0 Å². The van der Waals surface area contributed by atoms with Crippen molar-refractivity contribution in [2.24, 2.45) is 0 Å². The Labute approximate surface area is 94.0 Å². The second kappa shape index (κ2) is 4.80. The van der Waals surface area contributed by atoms with Gasteiger partial charge in [0.05, 0.1) is 16.4 Å². The molecule has 0 N–H and O–H groups in total. The average Bonchev–Trinajstić information content (AvgIpc) is 2.28. The van der Waals surface area contributed by atoms with Crippen molar-refractivity contribution >= 4 is 29.4 Å². The molecule has 7 heteroatoms. The predicted octanol–water partition coefficient (Wildman–Crippen LogP) is 1.97. The van der Waals surface area contributed by atoms with Crippen molar-refractivity contribution in [2.45, 2.75) is 0 Å². The van der Waals surface area contributed by atoms with Crippen LogP contribution in [0.5, 0.6) is 0 Å². The Hall–Kier alpha value is -1.82. The topological polar surface area (TPSA) is 77.3 Å². The molecule has 1 aromatic carbocycles. The molecular weight excluding hydrogens is 241 g/mol. The van der Waals surface area contributed by atoms with Crippen LogP contribution in [0.15, 0.2) is 12.1 Å². The van der Waals surface area contributed by atoms with E-state index < -0.39 is 33.7 Å². The van der Waals surface area contributed by atoms with Crippen LogP contribution in [0, 0.1) is 15.9 Å². The fraction of sp³-hybridized carbons (Fsp3) is 0.111. The lowest BCUT2D eigenvalue weighted by Gasteiger charge is -2.01. The van der Waals surface area contributed by atoms with E-state index in [1.807, 2.05) is 0 Å². The zero-order chi connectivity index (χ0) is 12.3. The van der Waals surface area contributed by atoms with E-state index in [0.29, 0.717) is 0 Å². The summed E-state index contributed by atoms with van der Waals surface area (Å²) in [6, 6.07) is 1.69. The SMILES string of the molecule is O=Cc1cc(C(=O)CCl)c(F)c([N+](=O)[O-])c1. The summed E-state index contributed by atoms with van der Waals surface area (Å²) in [6.07, 6.45) is 0.289. The number of nitro groups is 1. The van der Waals surface area contributed by atoms with Gasteiger partial charge in [0.1, 0.15) is 6.29 Å². The highest BCUT2D eigenvalue weighted by Gasteiger charge is 2.23. The molecule has 0 amide bonds. The number of hydrogen-bond donors (Lipinski definition) is 0. The molecule has 0 spiro atoms. The third kappa shape index (κ3) is 2.22. The number of nitrogens with zero attached hydrogens (tertiary/aromatic N) is 1. The third-order valence-electron chi connectivity index (χ3n) is 1.83. The molecule has 0 saturated heterocycles. The number of Topliss-reactive ketones (excluding diaryl/α,β-unsaturated/α-hetero) is 1. The summed E-state index contributed by atoms with van der Waals surface area (Å²) in [4.78, 5) is 31.1. The Bertz CT molecular complexity index is 475. The molecular formula is C9H5ClFNO4. The zero-order valence-electron chi connectivity index (χ0n) is 7.78. The van der Waals surface area contributed by atoms with E-state index in [2.05, 4.69) is 0 Å². The van der Waals surface area contributed by atoms with Crippen molar-refractivity contribution in [2.75, 3.05) is 5.88 Å². The van der Waals surface area contributed by atoms with Gasteiger partial charge in [0, 0.05) is 11.6 Å². The number of carbonyl (C=O) groups is 2. The smallest absolute Gasteiger partial charge is 0.298 e. The molecule has 0 aliphatic carbocycles. The quantitative estimate of drug-likeness (QED) is 0.267. The molecule has 0 unspecified atom stereocenters. The highest BCUT2D eigenvalue weighted by atomic mass is 35.5. The Morgan fingerprint density at radius 1 is 1.56 bits per heavy atom. The zero-order valence-corrected chi connectivity index (χ0v) is 8.53. The van der Waals surface area contributed by atoms with Crippen molar-refractivity contribution in [3.8, 4) is 0 Å². The number of hydrogen-bond acceptors (Lipinski definition) is 4. The van der Waals surface area contributed by atoms with E-state index >= 15 is 0 Å². The fourth-order valence-corrected chi connectivity index (χ4v) is 1.25. The number of aldehydes is 1. The lowest BCUT2D eigenvalue weighted by molar-refractivity contribution is -0.387. The van der Waals surface area contributed by atoms with Crippen LogP contribution in [0.4, 0.5) is 10.1 Å². The molecule has 0 radical (unpaired) electrons. The maximum atomic E-state index is 13.4.